The molecule has 0 fully saturated rings. The molecule has 0 saturated heterocycles. The summed E-state index contributed by atoms with van der Waals surface area (Å²) in [6.45, 7) is 4.05. The zero-order valence-corrected chi connectivity index (χ0v) is 12.9. The molecular weight excluding hydrogens is 284 g/mol. The summed E-state index contributed by atoms with van der Waals surface area (Å²) >= 11 is 1.67. The molecule has 3 rings (SSSR count). The number of carbonyl (C=O) groups is 1. The van der Waals surface area contributed by atoms with E-state index in [-0.39, 0.29) is 17.1 Å². The number of rotatable bonds is 3. The first-order valence-corrected chi connectivity index (χ1v) is 8.12. The third-order valence-corrected chi connectivity index (χ3v) is 4.76. The molecule has 0 bridgehead atoms. The molecule has 6 heteroatoms. The average molecular weight is 302 g/mol. The van der Waals surface area contributed by atoms with Crippen LogP contribution in [0.5, 0.6) is 0 Å². The van der Waals surface area contributed by atoms with E-state index in [4.69, 9.17) is 0 Å². The lowest BCUT2D eigenvalue weighted by molar-refractivity contribution is -0.115. The van der Waals surface area contributed by atoms with Crippen LogP contribution < -0.4 is 5.32 Å². The Kier molecular flexibility index (Phi) is 3.96. The largest absolute Gasteiger partial charge is 0.292 e. The van der Waals surface area contributed by atoms with Crippen LogP contribution >= 0.6 is 11.8 Å². The van der Waals surface area contributed by atoms with Crippen molar-refractivity contribution in [2.24, 2.45) is 0 Å². The van der Waals surface area contributed by atoms with Crippen molar-refractivity contribution in [2.75, 3.05) is 11.1 Å². The summed E-state index contributed by atoms with van der Waals surface area (Å²) in [4.78, 5) is 16.8. The highest BCUT2D eigenvalue weighted by atomic mass is 32.2. The molecule has 0 saturated carbocycles. The summed E-state index contributed by atoms with van der Waals surface area (Å²) in [7, 11) is 0. The Balaban J connectivity index is 1.77. The average Bonchev–Trinajstić information content (AvgIpc) is 2.95. The van der Waals surface area contributed by atoms with Crippen molar-refractivity contribution in [2.45, 2.75) is 31.4 Å². The van der Waals surface area contributed by atoms with Gasteiger partial charge in [0.15, 0.2) is 0 Å². The van der Waals surface area contributed by atoms with Crippen molar-refractivity contribution in [1.82, 2.24) is 15.2 Å². The van der Waals surface area contributed by atoms with Crippen LogP contribution in [0.3, 0.4) is 0 Å². The third kappa shape index (κ3) is 2.95. The maximum absolute atomic E-state index is 12.5. The lowest BCUT2D eigenvalue weighted by Gasteiger charge is -2.23. The number of hydrogen-bond acceptors (Lipinski definition) is 4. The molecule has 1 aliphatic heterocycles. The minimum atomic E-state index is -0.184. The van der Waals surface area contributed by atoms with E-state index in [9.17, 15) is 4.79 Å². The first kappa shape index (κ1) is 14.1. The molecule has 0 radical (unpaired) electrons. The van der Waals surface area contributed by atoms with Crippen LogP contribution in [0.15, 0.2) is 24.3 Å². The van der Waals surface area contributed by atoms with Gasteiger partial charge < -0.3 is 0 Å². The smallest absolute Gasteiger partial charge is 0.248 e. The van der Waals surface area contributed by atoms with Crippen LogP contribution in [0.25, 0.3) is 0 Å². The van der Waals surface area contributed by atoms with Crippen molar-refractivity contribution in [1.29, 1.82) is 0 Å². The van der Waals surface area contributed by atoms with E-state index >= 15 is 0 Å². The van der Waals surface area contributed by atoms with Gasteiger partial charge in [-0.2, -0.15) is 4.98 Å². The van der Waals surface area contributed by atoms with Gasteiger partial charge in [0, 0.05) is 5.92 Å². The second kappa shape index (κ2) is 5.89. The monoisotopic (exact) mass is 302 g/mol. The quantitative estimate of drug-likeness (QED) is 0.914. The number of amides is 1. The van der Waals surface area contributed by atoms with Crippen molar-refractivity contribution < 1.29 is 4.79 Å². The number of nitrogens with zero attached hydrogens (tertiary/aromatic N) is 2. The van der Waals surface area contributed by atoms with E-state index in [1.807, 2.05) is 32.0 Å². The highest BCUT2D eigenvalue weighted by molar-refractivity contribution is 8.00. The van der Waals surface area contributed by atoms with Crippen LogP contribution in [0.4, 0.5) is 5.95 Å². The second-order valence-corrected chi connectivity index (χ2v) is 6.60. The molecule has 110 valence electrons. The lowest BCUT2D eigenvalue weighted by atomic mass is 10.0. The van der Waals surface area contributed by atoms with Crippen LogP contribution in [0, 0.1) is 0 Å². The predicted molar refractivity (Wildman–Crippen MR) is 84.4 cm³/mol. The van der Waals surface area contributed by atoms with Gasteiger partial charge in [0.1, 0.15) is 11.1 Å². The number of carbonyl (C=O) groups excluding carboxylic acids is 1. The first-order chi connectivity index (χ1) is 10.1. The number of aromatic amines is 1. The molecule has 0 spiro atoms. The Morgan fingerprint density at radius 3 is 3.00 bits per heavy atom. The maximum atomic E-state index is 12.5. The highest BCUT2D eigenvalue weighted by Crippen LogP contribution is 2.37. The Bertz CT molecular complexity index is 653. The molecule has 0 aliphatic carbocycles. The molecule has 1 aliphatic rings. The van der Waals surface area contributed by atoms with E-state index in [1.165, 1.54) is 5.56 Å². The standard InChI is InChI=1S/C15H18N4OS/c1-9(2)13-16-15(19-18-13)17-14(20)12-11-6-4-3-5-10(11)7-8-21-12/h3-6,9,12H,7-8H2,1-2H3,(H2,16,17,18,19,20)/t12-/m1/s1. The number of aryl methyl sites for hydroxylation is 1. The summed E-state index contributed by atoms with van der Waals surface area (Å²) < 4.78 is 0. The van der Waals surface area contributed by atoms with E-state index < -0.39 is 0 Å². The number of thioether (sulfide) groups is 1. The predicted octanol–water partition coefficient (Wildman–Crippen LogP) is 2.90. The number of fused-ring (bicyclic) bond motifs is 1. The second-order valence-electron chi connectivity index (χ2n) is 5.39. The van der Waals surface area contributed by atoms with Gasteiger partial charge in [0.25, 0.3) is 0 Å². The first-order valence-electron chi connectivity index (χ1n) is 7.07. The summed E-state index contributed by atoms with van der Waals surface area (Å²) in [5.41, 5.74) is 2.36. The molecule has 0 unspecified atom stereocenters. The number of anilines is 1. The van der Waals surface area contributed by atoms with Gasteiger partial charge in [-0.05, 0) is 23.3 Å². The molecule has 1 amide bonds. The fourth-order valence-corrected chi connectivity index (χ4v) is 3.57. The summed E-state index contributed by atoms with van der Waals surface area (Å²) in [6.07, 6.45) is 1.02. The van der Waals surface area contributed by atoms with Crippen molar-refractivity contribution in [3.63, 3.8) is 0 Å². The van der Waals surface area contributed by atoms with E-state index in [0.717, 1.165) is 23.6 Å². The number of hydrogen-bond donors (Lipinski definition) is 2. The summed E-state index contributed by atoms with van der Waals surface area (Å²) in [5.74, 6) is 2.30. The van der Waals surface area contributed by atoms with Crippen molar-refractivity contribution in [3.05, 3.63) is 41.2 Å². The molecular formula is C15H18N4OS. The van der Waals surface area contributed by atoms with E-state index in [1.54, 1.807) is 11.8 Å². The minimum Gasteiger partial charge on any atom is -0.292 e. The third-order valence-electron chi connectivity index (χ3n) is 3.52. The normalized spacial score (nSPS) is 17.6. The van der Waals surface area contributed by atoms with E-state index in [2.05, 4.69) is 26.6 Å². The zero-order valence-electron chi connectivity index (χ0n) is 12.1. The number of nitrogens with one attached hydrogen (secondary N) is 2. The van der Waals surface area contributed by atoms with Gasteiger partial charge in [-0.25, -0.2) is 0 Å². The van der Waals surface area contributed by atoms with Gasteiger partial charge in [0.2, 0.25) is 11.9 Å². The Labute approximate surface area is 127 Å². The zero-order chi connectivity index (χ0) is 14.8. The molecule has 1 aromatic heterocycles. The Morgan fingerprint density at radius 1 is 1.43 bits per heavy atom. The molecule has 1 atom stereocenters. The summed E-state index contributed by atoms with van der Waals surface area (Å²) in [5, 5.41) is 9.53. The fraction of sp³-hybridized carbons (Fsp3) is 0.400. The number of H-pyrrole nitrogens is 1. The molecule has 1 aromatic carbocycles. The van der Waals surface area contributed by atoms with E-state index in [0.29, 0.717) is 5.95 Å². The van der Waals surface area contributed by atoms with Gasteiger partial charge in [0.05, 0.1) is 0 Å². The van der Waals surface area contributed by atoms with Crippen LogP contribution in [-0.2, 0) is 11.2 Å². The topological polar surface area (TPSA) is 70.7 Å². The SMILES string of the molecule is CC(C)c1nc(NC(=O)[C@@H]2SCCc3ccccc32)n[nH]1. The molecule has 2 aromatic rings. The van der Waals surface area contributed by atoms with Crippen LogP contribution in [0.1, 0.15) is 42.0 Å². The number of aromatic nitrogens is 3. The highest BCUT2D eigenvalue weighted by Gasteiger charge is 2.27. The minimum absolute atomic E-state index is 0.0542. The molecule has 2 N–H and O–H groups in total. The molecule has 21 heavy (non-hydrogen) atoms. The van der Waals surface area contributed by atoms with Gasteiger partial charge in [-0.3, -0.25) is 15.2 Å². The Morgan fingerprint density at radius 2 is 2.24 bits per heavy atom. The molecule has 5 nitrogen and oxygen atoms in total. The van der Waals surface area contributed by atoms with Gasteiger partial charge in [-0.15, -0.1) is 16.9 Å². The van der Waals surface area contributed by atoms with Crippen molar-refractivity contribution >= 4 is 23.6 Å². The summed E-state index contributed by atoms with van der Waals surface area (Å²) in [6, 6.07) is 8.13. The van der Waals surface area contributed by atoms with Gasteiger partial charge in [-0.1, -0.05) is 38.1 Å². The fourth-order valence-electron chi connectivity index (χ4n) is 2.38. The van der Waals surface area contributed by atoms with Crippen molar-refractivity contribution in [3.8, 4) is 0 Å². The van der Waals surface area contributed by atoms with Crippen LogP contribution in [-0.4, -0.2) is 26.8 Å². The molecule has 2 heterocycles. The maximum Gasteiger partial charge on any atom is 0.248 e. The lowest BCUT2D eigenvalue weighted by Crippen LogP contribution is -2.23. The van der Waals surface area contributed by atoms with Crippen LogP contribution in [0.2, 0.25) is 0 Å². The van der Waals surface area contributed by atoms with Gasteiger partial charge >= 0.3 is 0 Å². The Hall–Kier alpha value is -1.82. The number of benzene rings is 1.